The van der Waals surface area contributed by atoms with E-state index in [2.05, 4.69) is 5.32 Å². The van der Waals surface area contributed by atoms with Crippen LogP contribution in [-0.2, 0) is 14.6 Å². The van der Waals surface area contributed by atoms with Crippen LogP contribution in [0.4, 0.5) is 4.39 Å². The molecule has 98 valence electrons. The first-order valence-electron chi connectivity index (χ1n) is 5.37. The van der Waals surface area contributed by atoms with Gasteiger partial charge in [-0.3, -0.25) is 10.1 Å². The van der Waals surface area contributed by atoms with Gasteiger partial charge in [-0.25, -0.2) is 12.8 Å². The Labute approximate surface area is 104 Å². The molecule has 2 N–H and O–H groups in total. The molecule has 0 saturated heterocycles. The number of fused-ring (bicyclic) bond motifs is 1. The lowest BCUT2D eigenvalue weighted by Gasteiger charge is -2.25. The Morgan fingerprint density at radius 3 is 2.89 bits per heavy atom. The van der Waals surface area contributed by atoms with Crippen LogP contribution < -0.4 is 5.32 Å². The number of rotatable bonds is 3. The number of carboxylic acids is 1. The molecule has 0 radical (unpaired) electrons. The zero-order valence-corrected chi connectivity index (χ0v) is 10.2. The molecule has 7 heteroatoms. The Hall–Kier alpha value is -1.47. The van der Waals surface area contributed by atoms with Crippen LogP contribution in [0.3, 0.4) is 0 Å². The van der Waals surface area contributed by atoms with Gasteiger partial charge in [0.05, 0.1) is 17.2 Å². The lowest BCUT2D eigenvalue weighted by molar-refractivity contribution is -0.136. The number of benzene rings is 1. The van der Waals surface area contributed by atoms with Crippen LogP contribution in [0.1, 0.15) is 18.0 Å². The second-order valence-electron chi connectivity index (χ2n) is 4.12. The van der Waals surface area contributed by atoms with Crippen molar-refractivity contribution in [3.05, 3.63) is 29.6 Å². The summed E-state index contributed by atoms with van der Waals surface area (Å²) < 4.78 is 36.8. The fourth-order valence-electron chi connectivity index (χ4n) is 2.04. The van der Waals surface area contributed by atoms with E-state index >= 15 is 0 Å². The molecule has 5 nitrogen and oxygen atoms in total. The molecule has 2 rings (SSSR count). The quantitative estimate of drug-likeness (QED) is 0.793. The number of halogens is 1. The fourth-order valence-corrected chi connectivity index (χ4v) is 3.64. The minimum absolute atomic E-state index is 0.0665. The van der Waals surface area contributed by atoms with Crippen molar-refractivity contribution < 1.29 is 22.7 Å². The standard InChI is InChI=1S/C11H12FNO4S/c12-7-1-2-10-8(5-7)9(13-6-11(14)15)3-4-18(10,16)17/h1-2,5,9,13H,3-4,6H2,(H,14,15). The zero-order valence-electron chi connectivity index (χ0n) is 9.39. The Morgan fingerprint density at radius 2 is 2.22 bits per heavy atom. The Balaban J connectivity index is 2.38. The van der Waals surface area contributed by atoms with Crippen molar-refractivity contribution in [1.82, 2.24) is 5.32 Å². The molecule has 1 aliphatic heterocycles. The van der Waals surface area contributed by atoms with Crippen molar-refractivity contribution in [2.24, 2.45) is 0 Å². The second-order valence-corrected chi connectivity index (χ2v) is 6.19. The van der Waals surface area contributed by atoms with E-state index in [0.29, 0.717) is 5.56 Å². The van der Waals surface area contributed by atoms with Gasteiger partial charge in [-0.1, -0.05) is 0 Å². The van der Waals surface area contributed by atoms with E-state index in [0.717, 1.165) is 12.1 Å². The Morgan fingerprint density at radius 1 is 1.50 bits per heavy atom. The summed E-state index contributed by atoms with van der Waals surface area (Å²) in [6.07, 6.45) is 0.242. The number of sulfone groups is 1. The number of nitrogens with one attached hydrogen (secondary N) is 1. The number of hydrogen-bond acceptors (Lipinski definition) is 4. The van der Waals surface area contributed by atoms with Gasteiger partial charge in [0, 0.05) is 6.04 Å². The van der Waals surface area contributed by atoms with E-state index in [1.165, 1.54) is 6.07 Å². The highest BCUT2D eigenvalue weighted by Crippen LogP contribution is 2.32. The van der Waals surface area contributed by atoms with Crippen molar-refractivity contribution >= 4 is 15.8 Å². The number of aliphatic carboxylic acids is 1. The summed E-state index contributed by atoms with van der Waals surface area (Å²) >= 11 is 0. The van der Waals surface area contributed by atoms with Gasteiger partial charge in [0.2, 0.25) is 0 Å². The second kappa shape index (κ2) is 4.66. The van der Waals surface area contributed by atoms with Gasteiger partial charge in [-0.2, -0.15) is 0 Å². The summed E-state index contributed by atoms with van der Waals surface area (Å²) in [6, 6.07) is 3.02. The molecule has 0 spiro atoms. The summed E-state index contributed by atoms with van der Waals surface area (Å²) in [5, 5.41) is 11.3. The first-order chi connectivity index (χ1) is 8.40. The van der Waals surface area contributed by atoms with Gasteiger partial charge in [0.1, 0.15) is 5.82 Å². The predicted molar refractivity (Wildman–Crippen MR) is 61.4 cm³/mol. The summed E-state index contributed by atoms with van der Waals surface area (Å²) in [7, 11) is -3.38. The molecule has 1 aromatic carbocycles. The average molecular weight is 273 g/mol. The molecule has 0 aliphatic carbocycles. The summed E-state index contributed by atoms with van der Waals surface area (Å²) in [6.45, 7) is -0.291. The fraction of sp³-hybridized carbons (Fsp3) is 0.364. The summed E-state index contributed by atoms with van der Waals surface area (Å²) in [5.74, 6) is -1.64. The van der Waals surface area contributed by atoms with Crippen LogP contribution in [0, 0.1) is 5.82 Å². The van der Waals surface area contributed by atoms with E-state index in [9.17, 15) is 17.6 Å². The van der Waals surface area contributed by atoms with E-state index < -0.39 is 27.7 Å². The van der Waals surface area contributed by atoms with E-state index in [1.807, 2.05) is 0 Å². The van der Waals surface area contributed by atoms with Crippen molar-refractivity contribution in [3.63, 3.8) is 0 Å². The highest BCUT2D eigenvalue weighted by atomic mass is 32.2. The van der Waals surface area contributed by atoms with E-state index in [4.69, 9.17) is 5.11 Å². The van der Waals surface area contributed by atoms with Crippen molar-refractivity contribution in [2.45, 2.75) is 17.4 Å². The van der Waals surface area contributed by atoms with Gasteiger partial charge >= 0.3 is 5.97 Å². The van der Waals surface area contributed by atoms with E-state index in [1.54, 1.807) is 0 Å². The first kappa shape index (κ1) is 13.0. The van der Waals surface area contributed by atoms with Gasteiger partial charge in [-0.15, -0.1) is 0 Å². The first-order valence-corrected chi connectivity index (χ1v) is 7.03. The third-order valence-electron chi connectivity index (χ3n) is 2.86. The van der Waals surface area contributed by atoms with Crippen LogP contribution in [0.25, 0.3) is 0 Å². The maximum Gasteiger partial charge on any atom is 0.317 e. The molecule has 1 heterocycles. The maximum absolute atomic E-state index is 13.2. The molecule has 1 atom stereocenters. The topological polar surface area (TPSA) is 83.5 Å². The Kier molecular flexibility index (Phi) is 3.36. The highest BCUT2D eigenvalue weighted by molar-refractivity contribution is 7.91. The zero-order chi connectivity index (χ0) is 13.3. The van der Waals surface area contributed by atoms with Crippen LogP contribution in [0.15, 0.2) is 23.1 Å². The molecule has 0 aromatic heterocycles. The normalized spacial score (nSPS) is 21.3. The third-order valence-corrected chi connectivity index (χ3v) is 4.67. The lowest BCUT2D eigenvalue weighted by atomic mass is 10.0. The predicted octanol–water partition coefficient (Wildman–Crippen LogP) is 0.718. The van der Waals surface area contributed by atoms with E-state index in [-0.39, 0.29) is 23.6 Å². The van der Waals surface area contributed by atoms with Crippen molar-refractivity contribution in [1.29, 1.82) is 0 Å². The molecule has 1 aliphatic rings. The molecular weight excluding hydrogens is 261 g/mol. The molecule has 0 amide bonds. The smallest absolute Gasteiger partial charge is 0.317 e. The largest absolute Gasteiger partial charge is 0.480 e. The van der Waals surface area contributed by atoms with Gasteiger partial charge in [0.15, 0.2) is 9.84 Å². The van der Waals surface area contributed by atoms with Crippen LogP contribution in [-0.4, -0.2) is 31.8 Å². The molecule has 0 fully saturated rings. The average Bonchev–Trinajstić information content (AvgIpc) is 2.27. The SMILES string of the molecule is O=C(O)CNC1CCS(=O)(=O)c2ccc(F)cc21. The number of hydrogen-bond donors (Lipinski definition) is 2. The molecule has 0 bridgehead atoms. The molecule has 0 saturated carbocycles. The number of carboxylic acid groups (broad SMARTS) is 1. The van der Waals surface area contributed by atoms with Crippen molar-refractivity contribution in [3.8, 4) is 0 Å². The van der Waals surface area contributed by atoms with Gasteiger partial charge in [-0.05, 0) is 30.2 Å². The van der Waals surface area contributed by atoms with Gasteiger partial charge in [0.25, 0.3) is 0 Å². The Bertz CT molecular complexity index is 585. The maximum atomic E-state index is 13.2. The summed E-state index contributed by atoms with van der Waals surface area (Å²) in [4.78, 5) is 10.6. The summed E-state index contributed by atoms with van der Waals surface area (Å²) in [5.41, 5.74) is 0.308. The third kappa shape index (κ3) is 2.51. The number of carbonyl (C=O) groups is 1. The monoisotopic (exact) mass is 273 g/mol. The lowest BCUT2D eigenvalue weighted by Crippen LogP contribution is -2.33. The highest BCUT2D eigenvalue weighted by Gasteiger charge is 2.30. The van der Waals surface area contributed by atoms with Gasteiger partial charge < -0.3 is 5.11 Å². The molecule has 18 heavy (non-hydrogen) atoms. The minimum Gasteiger partial charge on any atom is -0.480 e. The van der Waals surface area contributed by atoms with Crippen LogP contribution in [0.2, 0.25) is 0 Å². The van der Waals surface area contributed by atoms with Crippen LogP contribution >= 0.6 is 0 Å². The minimum atomic E-state index is -3.38. The van der Waals surface area contributed by atoms with Crippen molar-refractivity contribution in [2.75, 3.05) is 12.3 Å². The molecule has 1 unspecified atom stereocenters. The van der Waals surface area contributed by atoms with Crippen LogP contribution in [0.5, 0.6) is 0 Å². The molecular formula is C11H12FNO4S. The molecule has 1 aromatic rings.